The third-order valence-corrected chi connectivity index (χ3v) is 7.85. The number of aromatic nitrogens is 1. The van der Waals surface area contributed by atoms with E-state index in [1.165, 1.54) is 23.5 Å². The first kappa shape index (κ1) is 24.9. The van der Waals surface area contributed by atoms with Crippen molar-refractivity contribution in [3.8, 4) is 16.3 Å². The SMILES string of the molecule is COc1ccc(CNC(=O)[C@@H](C)C2CCN(C(=O)c3sc(-c4ccc(F)cc4)nc3C)CC2)cc1. The summed E-state index contributed by atoms with van der Waals surface area (Å²) in [6, 6.07) is 13.8. The van der Waals surface area contributed by atoms with E-state index in [-0.39, 0.29) is 29.5 Å². The first-order valence-corrected chi connectivity index (χ1v) is 12.6. The predicted molar refractivity (Wildman–Crippen MR) is 135 cm³/mol. The fourth-order valence-electron chi connectivity index (χ4n) is 4.36. The lowest BCUT2D eigenvalue weighted by Crippen LogP contribution is -2.42. The number of aryl methyl sites for hydroxylation is 1. The molecule has 3 aromatic rings. The molecule has 6 nitrogen and oxygen atoms in total. The normalized spacial score (nSPS) is 15.0. The Morgan fingerprint density at radius 1 is 1.14 bits per heavy atom. The number of nitrogens with zero attached hydrogens (tertiary/aromatic N) is 2. The molecule has 1 fully saturated rings. The van der Waals surface area contributed by atoms with Gasteiger partial charge in [0, 0.05) is 31.1 Å². The maximum atomic E-state index is 13.2. The van der Waals surface area contributed by atoms with Crippen LogP contribution in [0.5, 0.6) is 5.75 Å². The lowest BCUT2D eigenvalue weighted by atomic mass is 9.84. The monoisotopic (exact) mass is 495 g/mol. The number of halogens is 1. The van der Waals surface area contributed by atoms with E-state index in [1.54, 1.807) is 19.2 Å². The molecule has 1 aliphatic heterocycles. The molecule has 0 bridgehead atoms. The summed E-state index contributed by atoms with van der Waals surface area (Å²) in [6.45, 7) is 5.50. The molecule has 0 spiro atoms. The molecule has 1 aromatic heterocycles. The maximum absolute atomic E-state index is 13.2. The van der Waals surface area contributed by atoms with E-state index in [2.05, 4.69) is 10.3 Å². The van der Waals surface area contributed by atoms with Gasteiger partial charge in [-0.2, -0.15) is 0 Å². The minimum Gasteiger partial charge on any atom is -0.497 e. The van der Waals surface area contributed by atoms with Crippen LogP contribution in [0.2, 0.25) is 0 Å². The van der Waals surface area contributed by atoms with Gasteiger partial charge in [0.15, 0.2) is 0 Å². The van der Waals surface area contributed by atoms with Crippen LogP contribution in [0, 0.1) is 24.6 Å². The summed E-state index contributed by atoms with van der Waals surface area (Å²) in [5.41, 5.74) is 2.51. The summed E-state index contributed by atoms with van der Waals surface area (Å²) < 4.78 is 18.4. The van der Waals surface area contributed by atoms with E-state index in [0.717, 1.165) is 29.7 Å². The highest BCUT2D eigenvalue weighted by Crippen LogP contribution is 2.31. The van der Waals surface area contributed by atoms with Gasteiger partial charge in [0.2, 0.25) is 5.91 Å². The number of benzene rings is 2. The van der Waals surface area contributed by atoms with E-state index >= 15 is 0 Å². The average Bonchev–Trinajstić information content (AvgIpc) is 3.28. The second-order valence-electron chi connectivity index (χ2n) is 8.92. The Hall–Kier alpha value is -3.26. The van der Waals surface area contributed by atoms with E-state index in [1.807, 2.05) is 43.0 Å². The summed E-state index contributed by atoms with van der Waals surface area (Å²) in [6.07, 6.45) is 1.57. The molecule has 1 saturated heterocycles. The smallest absolute Gasteiger partial charge is 0.265 e. The van der Waals surface area contributed by atoms with Gasteiger partial charge in [-0.05, 0) is 67.6 Å². The molecule has 1 N–H and O–H groups in total. The van der Waals surface area contributed by atoms with Crippen molar-refractivity contribution in [2.45, 2.75) is 33.2 Å². The zero-order valence-corrected chi connectivity index (χ0v) is 21.0. The molecule has 0 unspecified atom stereocenters. The summed E-state index contributed by atoms with van der Waals surface area (Å²) in [5.74, 6) is 0.601. The van der Waals surface area contributed by atoms with Gasteiger partial charge in [-0.15, -0.1) is 11.3 Å². The summed E-state index contributed by atoms with van der Waals surface area (Å²) in [5, 5.41) is 3.74. The van der Waals surface area contributed by atoms with Crippen LogP contribution in [0.25, 0.3) is 10.6 Å². The number of likely N-dealkylation sites (tertiary alicyclic amines) is 1. The number of hydrogen-bond donors (Lipinski definition) is 1. The van der Waals surface area contributed by atoms with E-state index in [9.17, 15) is 14.0 Å². The molecule has 2 aromatic carbocycles. The highest BCUT2D eigenvalue weighted by Gasteiger charge is 2.31. The van der Waals surface area contributed by atoms with Crippen molar-refractivity contribution < 1.29 is 18.7 Å². The number of nitrogens with one attached hydrogen (secondary N) is 1. The third kappa shape index (κ3) is 5.88. The Labute approximate surface area is 209 Å². The topological polar surface area (TPSA) is 71.5 Å². The zero-order valence-electron chi connectivity index (χ0n) is 20.2. The number of ether oxygens (including phenoxy) is 1. The molecule has 0 radical (unpaired) electrons. The van der Waals surface area contributed by atoms with E-state index in [4.69, 9.17) is 4.74 Å². The van der Waals surface area contributed by atoms with Crippen LogP contribution in [0.15, 0.2) is 48.5 Å². The number of thiazole rings is 1. The van der Waals surface area contributed by atoms with Crippen molar-refractivity contribution in [1.82, 2.24) is 15.2 Å². The first-order chi connectivity index (χ1) is 16.9. The standard InChI is InChI=1S/C27H30FN3O3S/c1-17(25(32)29-16-19-4-10-23(34-3)11-5-19)20-12-14-31(15-13-20)27(33)24-18(2)30-26(35-24)21-6-8-22(28)9-7-21/h4-11,17,20H,12-16H2,1-3H3,(H,29,32)/t17-/m0/s1. The molecule has 8 heteroatoms. The number of hydrogen-bond acceptors (Lipinski definition) is 5. The van der Waals surface area contributed by atoms with Crippen molar-refractivity contribution in [3.05, 3.63) is 70.5 Å². The Balaban J connectivity index is 1.30. The van der Waals surface area contributed by atoms with Crippen LogP contribution >= 0.6 is 11.3 Å². The fourth-order valence-corrected chi connectivity index (χ4v) is 5.40. The van der Waals surface area contributed by atoms with Crippen LogP contribution in [-0.2, 0) is 11.3 Å². The molecule has 184 valence electrons. The zero-order chi connectivity index (χ0) is 24.9. The fraction of sp³-hybridized carbons (Fsp3) is 0.370. The summed E-state index contributed by atoms with van der Waals surface area (Å²) in [4.78, 5) is 32.9. The van der Waals surface area contributed by atoms with Gasteiger partial charge in [-0.3, -0.25) is 9.59 Å². The number of rotatable bonds is 7. The second kappa shape index (κ2) is 11.0. The highest BCUT2D eigenvalue weighted by atomic mass is 32.1. The van der Waals surface area contributed by atoms with Gasteiger partial charge in [0.25, 0.3) is 5.91 Å². The van der Waals surface area contributed by atoms with Crippen LogP contribution in [0.4, 0.5) is 4.39 Å². The molecular formula is C27H30FN3O3S. The number of carbonyl (C=O) groups is 2. The number of amides is 2. The van der Waals surface area contributed by atoms with Gasteiger partial charge in [-0.25, -0.2) is 9.37 Å². The summed E-state index contributed by atoms with van der Waals surface area (Å²) >= 11 is 1.34. The van der Waals surface area contributed by atoms with Crippen molar-refractivity contribution in [1.29, 1.82) is 0 Å². The van der Waals surface area contributed by atoms with Crippen LogP contribution < -0.4 is 10.1 Å². The third-order valence-electron chi connectivity index (χ3n) is 6.66. The number of carbonyl (C=O) groups excluding carboxylic acids is 2. The molecule has 4 rings (SSSR count). The molecule has 2 heterocycles. The minimum atomic E-state index is -0.301. The van der Waals surface area contributed by atoms with E-state index < -0.39 is 0 Å². The minimum absolute atomic E-state index is 0.0246. The van der Waals surface area contributed by atoms with Gasteiger partial charge < -0.3 is 15.0 Å². The number of methoxy groups -OCH3 is 1. The van der Waals surface area contributed by atoms with E-state index in [0.29, 0.717) is 35.2 Å². The molecule has 1 atom stereocenters. The van der Waals surface area contributed by atoms with Crippen molar-refractivity contribution in [2.75, 3.05) is 20.2 Å². The van der Waals surface area contributed by atoms with Crippen molar-refractivity contribution in [3.63, 3.8) is 0 Å². The van der Waals surface area contributed by atoms with Gasteiger partial charge >= 0.3 is 0 Å². The molecule has 1 aliphatic rings. The largest absolute Gasteiger partial charge is 0.497 e. The van der Waals surface area contributed by atoms with Crippen molar-refractivity contribution in [2.24, 2.45) is 11.8 Å². The first-order valence-electron chi connectivity index (χ1n) is 11.8. The van der Waals surface area contributed by atoms with Crippen LogP contribution in [-0.4, -0.2) is 41.9 Å². The molecular weight excluding hydrogens is 465 g/mol. The van der Waals surface area contributed by atoms with Gasteiger partial charge in [0.1, 0.15) is 21.5 Å². The van der Waals surface area contributed by atoms with Gasteiger partial charge in [0.05, 0.1) is 12.8 Å². The Kier molecular flexibility index (Phi) is 7.80. The maximum Gasteiger partial charge on any atom is 0.265 e. The number of piperidine rings is 1. The lowest BCUT2D eigenvalue weighted by Gasteiger charge is -2.34. The average molecular weight is 496 g/mol. The predicted octanol–water partition coefficient (Wildman–Crippen LogP) is 5.07. The molecule has 35 heavy (non-hydrogen) atoms. The Bertz CT molecular complexity index is 1170. The quantitative estimate of drug-likeness (QED) is 0.497. The molecule has 0 aliphatic carbocycles. The Morgan fingerprint density at radius 3 is 2.43 bits per heavy atom. The molecule has 2 amide bonds. The molecule has 0 saturated carbocycles. The van der Waals surface area contributed by atoms with Crippen LogP contribution in [0.1, 0.15) is 40.7 Å². The van der Waals surface area contributed by atoms with Gasteiger partial charge in [-0.1, -0.05) is 19.1 Å². The second-order valence-corrected chi connectivity index (χ2v) is 9.92. The highest BCUT2D eigenvalue weighted by molar-refractivity contribution is 7.17. The summed E-state index contributed by atoms with van der Waals surface area (Å²) in [7, 11) is 1.63. The van der Waals surface area contributed by atoms with Crippen LogP contribution in [0.3, 0.4) is 0 Å². The van der Waals surface area contributed by atoms with Crippen molar-refractivity contribution >= 4 is 23.2 Å². The Morgan fingerprint density at radius 2 is 1.80 bits per heavy atom. The lowest BCUT2D eigenvalue weighted by molar-refractivity contribution is -0.126.